The maximum absolute atomic E-state index is 3.98. The quantitative estimate of drug-likeness (QED) is 0.719. The normalized spacial score (nSPS) is 12.4. The monoisotopic (exact) mass is 217 g/mol. The maximum atomic E-state index is 3.98. The van der Waals surface area contributed by atoms with E-state index in [1.165, 1.54) is 23.1 Å². The fourth-order valence-corrected chi connectivity index (χ4v) is 1.99. The Kier molecular flexibility index (Phi) is 5.27. The van der Waals surface area contributed by atoms with Gasteiger partial charge in [-0.2, -0.15) is 0 Å². The highest BCUT2D eigenvalue weighted by molar-refractivity contribution is 5.25. The molecule has 0 fully saturated rings. The van der Waals surface area contributed by atoms with Gasteiger partial charge in [0.2, 0.25) is 0 Å². The van der Waals surface area contributed by atoms with Crippen molar-refractivity contribution in [2.45, 2.75) is 39.2 Å². The second kappa shape index (κ2) is 6.49. The van der Waals surface area contributed by atoms with Crippen molar-refractivity contribution in [3.05, 3.63) is 47.5 Å². The lowest BCUT2D eigenvalue weighted by molar-refractivity contribution is 0.518. The van der Waals surface area contributed by atoms with Crippen LogP contribution >= 0.6 is 0 Å². The zero-order valence-corrected chi connectivity index (χ0v) is 10.7. The fraction of sp³-hybridized carbons (Fsp3) is 0.467. The SMILES string of the molecule is C=C(C)CC(CCc1ccccc1C)NC. The molecule has 16 heavy (non-hydrogen) atoms. The summed E-state index contributed by atoms with van der Waals surface area (Å²) in [6.45, 7) is 8.25. The number of aryl methyl sites for hydroxylation is 2. The third-order valence-corrected chi connectivity index (χ3v) is 3.03. The molecule has 0 heterocycles. The summed E-state index contributed by atoms with van der Waals surface area (Å²) in [5.74, 6) is 0. The van der Waals surface area contributed by atoms with Crippen LogP contribution in [0.3, 0.4) is 0 Å². The molecular formula is C15H23N. The zero-order chi connectivity index (χ0) is 12.0. The first-order valence-electron chi connectivity index (χ1n) is 5.99. The Morgan fingerprint density at radius 3 is 2.62 bits per heavy atom. The standard InChI is InChI=1S/C15H23N/c1-12(2)11-15(16-4)10-9-14-8-6-5-7-13(14)3/h5-8,15-16H,1,9-11H2,2-4H3. The van der Waals surface area contributed by atoms with Crippen LogP contribution in [-0.4, -0.2) is 13.1 Å². The predicted octanol–water partition coefficient (Wildman–Crippen LogP) is 3.48. The van der Waals surface area contributed by atoms with Crippen LogP contribution < -0.4 is 5.32 Å². The minimum absolute atomic E-state index is 0.553. The molecule has 0 saturated heterocycles. The molecule has 0 saturated carbocycles. The van der Waals surface area contributed by atoms with Gasteiger partial charge < -0.3 is 5.32 Å². The van der Waals surface area contributed by atoms with Crippen LogP contribution in [0.15, 0.2) is 36.4 Å². The number of hydrogen-bond acceptors (Lipinski definition) is 1. The molecule has 0 aliphatic rings. The summed E-state index contributed by atoms with van der Waals surface area (Å²) in [5.41, 5.74) is 4.11. The molecule has 0 aromatic heterocycles. The van der Waals surface area contributed by atoms with Gasteiger partial charge in [0.05, 0.1) is 0 Å². The second-order valence-corrected chi connectivity index (χ2v) is 4.61. The molecule has 1 heteroatoms. The molecule has 1 rings (SSSR count). The highest BCUT2D eigenvalue weighted by Crippen LogP contribution is 2.13. The van der Waals surface area contributed by atoms with Crippen molar-refractivity contribution in [1.82, 2.24) is 5.32 Å². The second-order valence-electron chi connectivity index (χ2n) is 4.61. The van der Waals surface area contributed by atoms with Crippen molar-refractivity contribution in [3.63, 3.8) is 0 Å². The minimum Gasteiger partial charge on any atom is -0.317 e. The van der Waals surface area contributed by atoms with Gasteiger partial charge in [-0.25, -0.2) is 0 Å². The van der Waals surface area contributed by atoms with Gasteiger partial charge in [-0.05, 0) is 51.3 Å². The number of hydrogen-bond donors (Lipinski definition) is 1. The third-order valence-electron chi connectivity index (χ3n) is 3.03. The van der Waals surface area contributed by atoms with Crippen LogP contribution in [0.25, 0.3) is 0 Å². The average molecular weight is 217 g/mol. The van der Waals surface area contributed by atoms with E-state index in [1.807, 2.05) is 7.05 Å². The van der Waals surface area contributed by atoms with E-state index in [0.717, 1.165) is 12.8 Å². The molecule has 0 aliphatic heterocycles. The molecular weight excluding hydrogens is 194 g/mol. The van der Waals surface area contributed by atoms with Crippen LogP contribution in [0.2, 0.25) is 0 Å². The lowest BCUT2D eigenvalue weighted by atomic mass is 9.98. The molecule has 1 N–H and O–H groups in total. The molecule has 1 nitrogen and oxygen atoms in total. The first kappa shape index (κ1) is 13.0. The van der Waals surface area contributed by atoms with E-state index >= 15 is 0 Å². The first-order chi connectivity index (χ1) is 7.63. The van der Waals surface area contributed by atoms with E-state index in [9.17, 15) is 0 Å². The summed E-state index contributed by atoms with van der Waals surface area (Å²) in [5, 5.41) is 3.36. The van der Waals surface area contributed by atoms with Crippen molar-refractivity contribution in [3.8, 4) is 0 Å². The molecule has 1 unspecified atom stereocenters. The molecule has 1 aromatic carbocycles. The predicted molar refractivity (Wildman–Crippen MR) is 71.8 cm³/mol. The summed E-state index contributed by atoms with van der Waals surface area (Å²) in [6, 6.07) is 9.18. The molecule has 1 aromatic rings. The Morgan fingerprint density at radius 2 is 2.06 bits per heavy atom. The average Bonchev–Trinajstić information content (AvgIpc) is 2.25. The van der Waals surface area contributed by atoms with E-state index in [0.29, 0.717) is 6.04 Å². The number of rotatable bonds is 6. The van der Waals surface area contributed by atoms with Gasteiger partial charge in [0.1, 0.15) is 0 Å². The van der Waals surface area contributed by atoms with E-state index < -0.39 is 0 Å². The van der Waals surface area contributed by atoms with Crippen LogP contribution in [-0.2, 0) is 6.42 Å². The van der Waals surface area contributed by atoms with Crippen molar-refractivity contribution in [1.29, 1.82) is 0 Å². The summed E-state index contributed by atoms with van der Waals surface area (Å²) in [6.07, 6.45) is 3.39. The highest BCUT2D eigenvalue weighted by atomic mass is 14.9. The van der Waals surface area contributed by atoms with Crippen molar-refractivity contribution in [2.24, 2.45) is 0 Å². The van der Waals surface area contributed by atoms with Gasteiger partial charge in [0, 0.05) is 6.04 Å². The van der Waals surface area contributed by atoms with Gasteiger partial charge >= 0.3 is 0 Å². The van der Waals surface area contributed by atoms with E-state index in [4.69, 9.17) is 0 Å². The largest absolute Gasteiger partial charge is 0.317 e. The molecule has 88 valence electrons. The van der Waals surface area contributed by atoms with Crippen LogP contribution in [0.5, 0.6) is 0 Å². The summed E-state index contributed by atoms with van der Waals surface area (Å²) in [7, 11) is 2.03. The molecule has 1 atom stereocenters. The van der Waals surface area contributed by atoms with Crippen LogP contribution in [0.4, 0.5) is 0 Å². The molecule has 0 bridgehead atoms. The molecule has 0 spiro atoms. The Bertz CT molecular complexity index is 341. The number of nitrogens with one attached hydrogen (secondary N) is 1. The van der Waals surface area contributed by atoms with Gasteiger partial charge in [-0.1, -0.05) is 29.8 Å². The topological polar surface area (TPSA) is 12.0 Å². The Morgan fingerprint density at radius 1 is 1.38 bits per heavy atom. The zero-order valence-electron chi connectivity index (χ0n) is 10.7. The Labute approximate surface area is 99.6 Å². The van der Waals surface area contributed by atoms with Gasteiger partial charge in [0.25, 0.3) is 0 Å². The Balaban J connectivity index is 2.49. The van der Waals surface area contributed by atoms with Crippen molar-refractivity contribution < 1.29 is 0 Å². The summed E-state index contributed by atoms with van der Waals surface area (Å²) < 4.78 is 0. The van der Waals surface area contributed by atoms with Gasteiger partial charge in [-0.15, -0.1) is 6.58 Å². The van der Waals surface area contributed by atoms with Crippen molar-refractivity contribution >= 4 is 0 Å². The van der Waals surface area contributed by atoms with E-state index in [-0.39, 0.29) is 0 Å². The smallest absolute Gasteiger partial charge is 0.0104 e. The lowest BCUT2D eigenvalue weighted by Gasteiger charge is -2.16. The van der Waals surface area contributed by atoms with Crippen molar-refractivity contribution in [2.75, 3.05) is 7.05 Å². The summed E-state index contributed by atoms with van der Waals surface area (Å²) in [4.78, 5) is 0. The van der Waals surface area contributed by atoms with E-state index in [2.05, 4.69) is 50.0 Å². The van der Waals surface area contributed by atoms with Gasteiger partial charge in [0.15, 0.2) is 0 Å². The van der Waals surface area contributed by atoms with Crippen LogP contribution in [0.1, 0.15) is 30.9 Å². The lowest BCUT2D eigenvalue weighted by Crippen LogP contribution is -2.25. The fourth-order valence-electron chi connectivity index (χ4n) is 1.99. The molecule has 0 amide bonds. The molecule has 0 radical (unpaired) electrons. The summed E-state index contributed by atoms with van der Waals surface area (Å²) >= 11 is 0. The minimum atomic E-state index is 0.553. The van der Waals surface area contributed by atoms with Gasteiger partial charge in [-0.3, -0.25) is 0 Å². The van der Waals surface area contributed by atoms with E-state index in [1.54, 1.807) is 0 Å². The third kappa shape index (κ3) is 4.19. The molecule has 0 aliphatic carbocycles. The first-order valence-corrected chi connectivity index (χ1v) is 5.99. The highest BCUT2D eigenvalue weighted by Gasteiger charge is 2.07. The maximum Gasteiger partial charge on any atom is 0.0104 e. The number of benzene rings is 1. The Hall–Kier alpha value is -1.08. The van der Waals surface area contributed by atoms with Crippen LogP contribution in [0, 0.1) is 6.92 Å².